The third kappa shape index (κ3) is 2.89. The number of nitrogens with one attached hydrogen (secondary N) is 1. The van der Waals surface area contributed by atoms with Crippen molar-refractivity contribution in [3.05, 3.63) is 70.8 Å². The summed E-state index contributed by atoms with van der Waals surface area (Å²) in [6, 6.07) is 18.5. The second-order valence-corrected chi connectivity index (χ2v) is 6.52. The Morgan fingerprint density at radius 2 is 1.38 bits per heavy atom. The van der Waals surface area contributed by atoms with E-state index in [0.29, 0.717) is 17.9 Å². The van der Waals surface area contributed by atoms with Gasteiger partial charge in [0.2, 0.25) is 0 Å². The maximum absolute atomic E-state index is 3.54. The van der Waals surface area contributed by atoms with Gasteiger partial charge in [-0.15, -0.1) is 0 Å². The van der Waals surface area contributed by atoms with Crippen molar-refractivity contribution >= 4 is 0 Å². The van der Waals surface area contributed by atoms with E-state index in [1.165, 1.54) is 35.1 Å². The van der Waals surface area contributed by atoms with Crippen molar-refractivity contribution in [2.45, 2.75) is 38.6 Å². The molecule has 0 aliphatic heterocycles. The van der Waals surface area contributed by atoms with E-state index in [1.54, 1.807) is 0 Å². The number of fused-ring (bicyclic) bond motifs is 1. The van der Waals surface area contributed by atoms with Crippen molar-refractivity contribution < 1.29 is 0 Å². The van der Waals surface area contributed by atoms with Crippen LogP contribution in [-0.4, -0.2) is 7.05 Å². The molecule has 2 aromatic carbocycles. The predicted molar refractivity (Wildman–Crippen MR) is 89.7 cm³/mol. The van der Waals surface area contributed by atoms with Crippen LogP contribution in [0, 0.1) is 5.92 Å². The lowest BCUT2D eigenvalue weighted by molar-refractivity contribution is 0.397. The molecule has 1 heteroatoms. The minimum Gasteiger partial charge on any atom is -0.313 e. The monoisotopic (exact) mass is 279 g/mol. The van der Waals surface area contributed by atoms with Crippen molar-refractivity contribution in [2.24, 2.45) is 5.92 Å². The summed E-state index contributed by atoms with van der Waals surface area (Å²) in [6.45, 7) is 4.50. The first kappa shape index (κ1) is 14.3. The normalized spacial score (nSPS) is 16.2. The molecule has 0 bridgehead atoms. The fourth-order valence-corrected chi connectivity index (χ4v) is 3.59. The zero-order chi connectivity index (χ0) is 14.8. The molecule has 0 saturated carbocycles. The minimum atomic E-state index is 0.443. The molecule has 1 aliphatic rings. The van der Waals surface area contributed by atoms with Gasteiger partial charge in [0.1, 0.15) is 0 Å². The van der Waals surface area contributed by atoms with Crippen LogP contribution >= 0.6 is 0 Å². The average Bonchev–Trinajstić information content (AvgIpc) is 2.92. The van der Waals surface area contributed by atoms with E-state index in [0.717, 1.165) is 0 Å². The third-order valence-electron chi connectivity index (χ3n) is 4.83. The summed E-state index contributed by atoms with van der Waals surface area (Å²) in [7, 11) is 2.09. The molecule has 0 radical (unpaired) electrons. The molecule has 1 unspecified atom stereocenters. The molecular formula is C20H25N. The maximum Gasteiger partial charge on any atom is 0.0352 e. The van der Waals surface area contributed by atoms with E-state index >= 15 is 0 Å². The molecule has 1 aliphatic carbocycles. The lowest BCUT2D eigenvalue weighted by Gasteiger charge is -2.24. The Kier molecular flexibility index (Phi) is 4.12. The molecule has 0 saturated heterocycles. The number of hydrogen-bond acceptors (Lipinski definition) is 1. The van der Waals surface area contributed by atoms with Gasteiger partial charge in [-0.1, -0.05) is 62.4 Å². The molecule has 0 fully saturated rings. The van der Waals surface area contributed by atoms with Crippen LogP contribution in [0.25, 0.3) is 0 Å². The Labute approximate surface area is 128 Å². The third-order valence-corrected chi connectivity index (χ3v) is 4.83. The van der Waals surface area contributed by atoms with Crippen LogP contribution in [0.5, 0.6) is 0 Å². The maximum atomic E-state index is 3.54. The van der Waals surface area contributed by atoms with Crippen molar-refractivity contribution in [1.29, 1.82) is 0 Å². The SMILES string of the molecule is CNC(c1ccc(C(C)C)cc1)C1Cc2ccccc2C1. The summed E-state index contributed by atoms with van der Waals surface area (Å²) in [5, 5.41) is 3.54. The first-order chi connectivity index (χ1) is 10.2. The van der Waals surface area contributed by atoms with Crippen molar-refractivity contribution in [3.63, 3.8) is 0 Å². The molecule has 110 valence electrons. The molecule has 3 rings (SSSR count). The highest BCUT2D eigenvalue weighted by Gasteiger charge is 2.28. The fourth-order valence-electron chi connectivity index (χ4n) is 3.59. The Balaban J connectivity index is 1.80. The number of hydrogen-bond donors (Lipinski definition) is 1. The van der Waals surface area contributed by atoms with Crippen molar-refractivity contribution in [2.75, 3.05) is 7.05 Å². The Morgan fingerprint density at radius 1 is 0.857 bits per heavy atom. The van der Waals surface area contributed by atoms with Gasteiger partial charge >= 0.3 is 0 Å². The van der Waals surface area contributed by atoms with Gasteiger partial charge in [0.05, 0.1) is 0 Å². The summed E-state index contributed by atoms with van der Waals surface area (Å²) >= 11 is 0. The molecule has 1 atom stereocenters. The second kappa shape index (κ2) is 6.03. The number of benzene rings is 2. The summed E-state index contributed by atoms with van der Waals surface area (Å²) < 4.78 is 0. The number of rotatable bonds is 4. The van der Waals surface area contributed by atoms with Gasteiger partial charge in [0, 0.05) is 6.04 Å². The molecule has 0 spiro atoms. The largest absolute Gasteiger partial charge is 0.313 e. The summed E-state index contributed by atoms with van der Waals surface area (Å²) in [5.74, 6) is 1.26. The first-order valence-electron chi connectivity index (χ1n) is 8.03. The fraction of sp³-hybridized carbons (Fsp3) is 0.400. The Morgan fingerprint density at radius 3 is 1.86 bits per heavy atom. The highest BCUT2D eigenvalue weighted by atomic mass is 14.9. The molecule has 1 N–H and O–H groups in total. The molecule has 2 aromatic rings. The molecule has 0 aromatic heterocycles. The molecule has 1 nitrogen and oxygen atoms in total. The molecule has 0 amide bonds. The standard InChI is InChI=1S/C20H25N/c1-14(2)15-8-10-16(11-9-15)20(21-3)19-12-17-6-4-5-7-18(17)13-19/h4-11,14,19-21H,12-13H2,1-3H3. The zero-order valence-electron chi connectivity index (χ0n) is 13.3. The predicted octanol–water partition coefficient (Wildman–Crippen LogP) is 4.49. The molecular weight excluding hydrogens is 254 g/mol. The highest BCUT2D eigenvalue weighted by molar-refractivity contribution is 5.35. The zero-order valence-corrected chi connectivity index (χ0v) is 13.3. The quantitative estimate of drug-likeness (QED) is 0.869. The van der Waals surface area contributed by atoms with Crippen LogP contribution in [-0.2, 0) is 12.8 Å². The molecule has 0 heterocycles. The van der Waals surface area contributed by atoms with Gasteiger partial charge in [-0.3, -0.25) is 0 Å². The highest BCUT2D eigenvalue weighted by Crippen LogP contribution is 2.35. The van der Waals surface area contributed by atoms with E-state index in [-0.39, 0.29) is 0 Å². The average molecular weight is 279 g/mol. The van der Waals surface area contributed by atoms with Gasteiger partial charge < -0.3 is 5.32 Å². The van der Waals surface area contributed by atoms with Crippen LogP contribution in [0.15, 0.2) is 48.5 Å². The van der Waals surface area contributed by atoms with Crippen LogP contribution in [0.3, 0.4) is 0 Å². The van der Waals surface area contributed by atoms with E-state index in [2.05, 4.69) is 74.7 Å². The lowest BCUT2D eigenvalue weighted by Crippen LogP contribution is -2.25. The van der Waals surface area contributed by atoms with Crippen molar-refractivity contribution in [1.82, 2.24) is 5.32 Å². The van der Waals surface area contributed by atoms with E-state index < -0.39 is 0 Å². The summed E-state index contributed by atoms with van der Waals surface area (Å²) in [6.07, 6.45) is 2.38. The van der Waals surface area contributed by atoms with Crippen LogP contribution in [0.1, 0.15) is 48.1 Å². The van der Waals surface area contributed by atoms with Gasteiger partial charge in [-0.2, -0.15) is 0 Å². The first-order valence-corrected chi connectivity index (χ1v) is 8.03. The van der Waals surface area contributed by atoms with E-state index in [9.17, 15) is 0 Å². The molecule has 21 heavy (non-hydrogen) atoms. The summed E-state index contributed by atoms with van der Waals surface area (Å²) in [5.41, 5.74) is 5.89. The second-order valence-electron chi connectivity index (χ2n) is 6.52. The van der Waals surface area contributed by atoms with Gasteiger partial charge in [-0.25, -0.2) is 0 Å². The minimum absolute atomic E-state index is 0.443. The van der Waals surface area contributed by atoms with E-state index in [1.807, 2.05) is 0 Å². The van der Waals surface area contributed by atoms with Crippen LogP contribution in [0.2, 0.25) is 0 Å². The Bertz CT molecular complexity index is 572. The van der Waals surface area contributed by atoms with Crippen LogP contribution < -0.4 is 5.32 Å². The van der Waals surface area contributed by atoms with Crippen molar-refractivity contribution in [3.8, 4) is 0 Å². The topological polar surface area (TPSA) is 12.0 Å². The lowest BCUT2D eigenvalue weighted by atomic mass is 9.89. The van der Waals surface area contributed by atoms with E-state index in [4.69, 9.17) is 0 Å². The smallest absolute Gasteiger partial charge is 0.0352 e. The van der Waals surface area contributed by atoms with Crippen LogP contribution in [0.4, 0.5) is 0 Å². The van der Waals surface area contributed by atoms with Gasteiger partial charge in [0.25, 0.3) is 0 Å². The summed E-state index contributed by atoms with van der Waals surface area (Å²) in [4.78, 5) is 0. The Hall–Kier alpha value is -1.60. The van der Waals surface area contributed by atoms with Gasteiger partial charge in [0.15, 0.2) is 0 Å². The van der Waals surface area contributed by atoms with Gasteiger partial charge in [-0.05, 0) is 54.0 Å².